The molecular formula is C10H19NO. The van der Waals surface area contributed by atoms with Crippen LogP contribution in [-0.2, 0) is 4.74 Å². The minimum Gasteiger partial charge on any atom is -0.364 e. The Balaban J connectivity index is 2.12. The lowest BCUT2D eigenvalue weighted by molar-refractivity contribution is 0.150. The Labute approximate surface area is 74.7 Å². The number of hydrogen-bond donors (Lipinski definition) is 1. The summed E-state index contributed by atoms with van der Waals surface area (Å²) in [4.78, 5) is 0. The molecule has 12 heavy (non-hydrogen) atoms. The van der Waals surface area contributed by atoms with E-state index in [9.17, 15) is 0 Å². The van der Waals surface area contributed by atoms with Gasteiger partial charge in [0.25, 0.3) is 0 Å². The van der Waals surface area contributed by atoms with Gasteiger partial charge in [0.05, 0.1) is 6.10 Å². The van der Waals surface area contributed by atoms with Gasteiger partial charge in [-0.15, -0.1) is 0 Å². The zero-order valence-electron chi connectivity index (χ0n) is 8.31. The molecule has 0 bridgehead atoms. The van der Waals surface area contributed by atoms with Crippen molar-refractivity contribution in [3.05, 3.63) is 0 Å². The lowest BCUT2D eigenvalue weighted by Crippen LogP contribution is -2.40. The molecule has 70 valence electrons. The number of epoxide rings is 1. The maximum absolute atomic E-state index is 5.85. The minimum absolute atomic E-state index is 0.156. The Bertz CT molecular complexity index is 185. The predicted molar refractivity (Wildman–Crippen MR) is 49.2 cm³/mol. The molecule has 0 aliphatic carbocycles. The first-order valence-electron chi connectivity index (χ1n) is 4.95. The highest BCUT2D eigenvalue weighted by Crippen LogP contribution is 2.52. The first-order valence-corrected chi connectivity index (χ1v) is 4.95. The van der Waals surface area contributed by atoms with Crippen LogP contribution in [0.4, 0.5) is 0 Å². The summed E-state index contributed by atoms with van der Waals surface area (Å²) >= 11 is 0. The van der Waals surface area contributed by atoms with Crippen molar-refractivity contribution < 1.29 is 4.74 Å². The van der Waals surface area contributed by atoms with Crippen molar-refractivity contribution in [2.45, 2.75) is 45.3 Å². The number of nitrogens with one attached hydrogen (secondary N) is 1. The Hall–Kier alpha value is -0.0800. The SMILES string of the molecule is CC(C)(C)C12CNCCCC1O2. The predicted octanol–water partition coefficient (Wildman–Crippen LogP) is 1.55. The lowest BCUT2D eigenvalue weighted by atomic mass is 9.77. The van der Waals surface area contributed by atoms with Gasteiger partial charge in [0, 0.05) is 6.54 Å². The van der Waals surface area contributed by atoms with E-state index in [1.54, 1.807) is 0 Å². The smallest absolute Gasteiger partial charge is 0.112 e. The summed E-state index contributed by atoms with van der Waals surface area (Å²) in [6.45, 7) is 9.04. The molecule has 2 saturated heterocycles. The summed E-state index contributed by atoms with van der Waals surface area (Å²) in [5.41, 5.74) is 0.443. The first-order chi connectivity index (χ1) is 5.56. The van der Waals surface area contributed by atoms with Crippen molar-refractivity contribution in [3.63, 3.8) is 0 Å². The molecule has 2 fully saturated rings. The number of rotatable bonds is 0. The van der Waals surface area contributed by atoms with Crippen LogP contribution in [0.5, 0.6) is 0 Å². The molecule has 2 heteroatoms. The molecule has 0 saturated carbocycles. The van der Waals surface area contributed by atoms with Gasteiger partial charge in [-0.25, -0.2) is 0 Å². The van der Waals surface area contributed by atoms with E-state index in [1.165, 1.54) is 12.8 Å². The van der Waals surface area contributed by atoms with E-state index in [2.05, 4.69) is 26.1 Å². The zero-order valence-corrected chi connectivity index (χ0v) is 8.31. The van der Waals surface area contributed by atoms with E-state index in [1.807, 2.05) is 0 Å². The highest BCUT2D eigenvalue weighted by Gasteiger charge is 2.62. The molecule has 0 radical (unpaired) electrons. The summed E-state index contributed by atoms with van der Waals surface area (Å²) in [6, 6.07) is 0. The van der Waals surface area contributed by atoms with Gasteiger partial charge in [-0.05, 0) is 24.8 Å². The van der Waals surface area contributed by atoms with Gasteiger partial charge in [0.2, 0.25) is 0 Å². The number of hydrogen-bond acceptors (Lipinski definition) is 2. The third-order valence-corrected chi connectivity index (χ3v) is 3.29. The van der Waals surface area contributed by atoms with Crippen molar-refractivity contribution in [2.24, 2.45) is 5.41 Å². The molecular weight excluding hydrogens is 150 g/mol. The monoisotopic (exact) mass is 169 g/mol. The quantitative estimate of drug-likeness (QED) is 0.556. The molecule has 1 N–H and O–H groups in total. The summed E-state index contributed by atoms with van der Waals surface area (Å²) in [5, 5.41) is 3.46. The van der Waals surface area contributed by atoms with E-state index in [0.717, 1.165) is 13.1 Å². The van der Waals surface area contributed by atoms with Crippen molar-refractivity contribution in [1.82, 2.24) is 5.32 Å². The number of fused-ring (bicyclic) bond motifs is 1. The highest BCUT2D eigenvalue weighted by atomic mass is 16.6. The molecule has 2 rings (SSSR count). The van der Waals surface area contributed by atoms with Gasteiger partial charge in [-0.1, -0.05) is 20.8 Å². The second kappa shape index (κ2) is 2.46. The molecule has 0 amide bonds. The van der Waals surface area contributed by atoms with Crippen LogP contribution in [0.3, 0.4) is 0 Å². The van der Waals surface area contributed by atoms with Gasteiger partial charge in [0.1, 0.15) is 5.60 Å². The van der Waals surface area contributed by atoms with Crippen LogP contribution in [0.15, 0.2) is 0 Å². The summed E-state index contributed by atoms with van der Waals surface area (Å²) in [6.07, 6.45) is 3.04. The molecule has 2 unspecified atom stereocenters. The second-order valence-electron chi connectivity index (χ2n) is 5.06. The topological polar surface area (TPSA) is 24.6 Å². The molecule has 0 aromatic rings. The zero-order chi connectivity index (χ0) is 8.82. The fraction of sp³-hybridized carbons (Fsp3) is 1.00. The molecule has 2 aliphatic rings. The fourth-order valence-corrected chi connectivity index (χ4v) is 2.28. The normalized spacial score (nSPS) is 41.8. The molecule has 2 aliphatic heterocycles. The molecule has 2 atom stereocenters. The molecule has 0 spiro atoms. The summed E-state index contributed by atoms with van der Waals surface area (Å²) < 4.78 is 5.85. The van der Waals surface area contributed by atoms with Gasteiger partial charge in [-0.2, -0.15) is 0 Å². The standard InChI is InChI=1S/C10H19NO/c1-9(2,3)10-7-11-6-4-5-8(10)12-10/h8,11H,4-7H2,1-3H3. The molecule has 2 nitrogen and oxygen atoms in total. The maximum atomic E-state index is 5.85. The van der Waals surface area contributed by atoms with Crippen molar-refractivity contribution >= 4 is 0 Å². The van der Waals surface area contributed by atoms with Crippen LogP contribution < -0.4 is 5.32 Å². The Morgan fingerprint density at radius 3 is 2.83 bits per heavy atom. The van der Waals surface area contributed by atoms with Crippen LogP contribution in [0.2, 0.25) is 0 Å². The second-order valence-corrected chi connectivity index (χ2v) is 5.06. The molecule has 0 aromatic heterocycles. The van der Waals surface area contributed by atoms with Crippen molar-refractivity contribution in [1.29, 1.82) is 0 Å². The Morgan fingerprint density at radius 1 is 1.42 bits per heavy atom. The fourth-order valence-electron chi connectivity index (χ4n) is 2.28. The third-order valence-electron chi connectivity index (χ3n) is 3.29. The van der Waals surface area contributed by atoms with E-state index < -0.39 is 0 Å². The van der Waals surface area contributed by atoms with Crippen molar-refractivity contribution in [3.8, 4) is 0 Å². The lowest BCUT2D eigenvalue weighted by Gasteiger charge is -2.27. The van der Waals surface area contributed by atoms with Gasteiger partial charge >= 0.3 is 0 Å². The molecule has 0 aromatic carbocycles. The summed E-state index contributed by atoms with van der Waals surface area (Å²) in [5.74, 6) is 0. The van der Waals surface area contributed by atoms with Crippen LogP contribution in [0.1, 0.15) is 33.6 Å². The van der Waals surface area contributed by atoms with Crippen molar-refractivity contribution in [2.75, 3.05) is 13.1 Å². The van der Waals surface area contributed by atoms with E-state index in [4.69, 9.17) is 4.74 Å². The largest absolute Gasteiger partial charge is 0.364 e. The minimum atomic E-state index is 0.156. The van der Waals surface area contributed by atoms with Crippen LogP contribution in [0.25, 0.3) is 0 Å². The Kier molecular flexibility index (Phi) is 1.74. The van der Waals surface area contributed by atoms with Crippen LogP contribution in [-0.4, -0.2) is 24.8 Å². The van der Waals surface area contributed by atoms with Crippen LogP contribution >= 0.6 is 0 Å². The Morgan fingerprint density at radius 2 is 2.17 bits per heavy atom. The van der Waals surface area contributed by atoms with Gasteiger partial charge < -0.3 is 10.1 Å². The van der Waals surface area contributed by atoms with Crippen LogP contribution in [0, 0.1) is 5.41 Å². The van der Waals surface area contributed by atoms with E-state index in [-0.39, 0.29) is 11.0 Å². The van der Waals surface area contributed by atoms with E-state index >= 15 is 0 Å². The third kappa shape index (κ3) is 1.09. The molecule has 2 heterocycles. The average molecular weight is 169 g/mol. The van der Waals surface area contributed by atoms with E-state index in [0.29, 0.717) is 6.10 Å². The van der Waals surface area contributed by atoms with Gasteiger partial charge in [-0.3, -0.25) is 0 Å². The first kappa shape index (κ1) is 8.52. The maximum Gasteiger partial charge on any atom is 0.112 e. The average Bonchev–Trinajstić information content (AvgIpc) is 2.55. The highest BCUT2D eigenvalue weighted by molar-refractivity contribution is 5.12. The number of ether oxygens (including phenoxy) is 1. The summed E-state index contributed by atoms with van der Waals surface area (Å²) in [7, 11) is 0. The van der Waals surface area contributed by atoms with Gasteiger partial charge in [0.15, 0.2) is 0 Å².